The Morgan fingerprint density at radius 1 is 1.39 bits per heavy atom. The summed E-state index contributed by atoms with van der Waals surface area (Å²) >= 11 is 7.72. The molecule has 120 valence electrons. The van der Waals surface area contributed by atoms with Crippen molar-refractivity contribution in [2.75, 3.05) is 16.8 Å². The molecule has 0 radical (unpaired) electrons. The molecule has 0 spiro atoms. The van der Waals surface area contributed by atoms with Crippen LogP contribution in [0.25, 0.3) is 0 Å². The fourth-order valence-electron chi connectivity index (χ4n) is 2.19. The van der Waals surface area contributed by atoms with Crippen molar-refractivity contribution < 1.29 is 14.6 Å². The average Bonchev–Trinajstić information content (AvgIpc) is 3.04. The Hall–Kier alpha value is -1.92. The lowest BCUT2D eigenvalue weighted by atomic mass is 10.2. The molecule has 0 aliphatic carbocycles. The minimum absolute atomic E-state index is 0.0451. The molecule has 1 fully saturated rings. The van der Waals surface area contributed by atoms with Crippen molar-refractivity contribution in [3.05, 3.63) is 47.1 Å². The van der Waals surface area contributed by atoms with Crippen LogP contribution in [0.1, 0.15) is 16.8 Å². The second-order valence-electron chi connectivity index (χ2n) is 5.10. The number of ether oxygens (including phenoxy) is 1. The van der Waals surface area contributed by atoms with Crippen LogP contribution in [0.5, 0.6) is 11.6 Å². The molecule has 1 unspecified atom stereocenters. The van der Waals surface area contributed by atoms with Crippen molar-refractivity contribution in [1.82, 2.24) is 4.98 Å². The molecule has 2 heterocycles. The number of nitrogens with one attached hydrogen (secondary N) is 1. The Morgan fingerprint density at radius 2 is 2.26 bits per heavy atom. The summed E-state index contributed by atoms with van der Waals surface area (Å²) in [6.07, 6.45) is 2.66. The third-order valence-electron chi connectivity index (χ3n) is 3.38. The molecule has 7 heteroatoms. The Labute approximate surface area is 143 Å². The summed E-state index contributed by atoms with van der Waals surface area (Å²) in [5.74, 6) is 2.04. The number of hydrogen-bond acceptors (Lipinski definition) is 5. The molecule has 5 nitrogen and oxygen atoms in total. The van der Waals surface area contributed by atoms with Crippen LogP contribution in [-0.2, 0) is 0 Å². The first-order valence-corrected chi connectivity index (χ1v) is 8.65. The highest BCUT2D eigenvalue weighted by molar-refractivity contribution is 7.99. The van der Waals surface area contributed by atoms with E-state index in [4.69, 9.17) is 16.3 Å². The van der Waals surface area contributed by atoms with E-state index in [2.05, 4.69) is 10.3 Å². The first kappa shape index (κ1) is 16.0. The Bertz CT molecular complexity index is 720. The number of rotatable bonds is 4. The van der Waals surface area contributed by atoms with Crippen LogP contribution < -0.4 is 10.1 Å². The topological polar surface area (TPSA) is 71.5 Å². The number of halogens is 1. The van der Waals surface area contributed by atoms with E-state index in [0.717, 1.165) is 17.9 Å². The van der Waals surface area contributed by atoms with E-state index in [1.807, 2.05) is 11.8 Å². The first-order valence-electron chi connectivity index (χ1n) is 7.12. The smallest absolute Gasteiger partial charge is 0.256 e. The molecule has 1 aromatic carbocycles. The molecule has 1 amide bonds. The van der Waals surface area contributed by atoms with Crippen molar-refractivity contribution in [3.8, 4) is 11.6 Å². The largest absolute Gasteiger partial charge is 0.506 e. The fourth-order valence-corrected chi connectivity index (χ4v) is 3.46. The molecule has 2 N–H and O–H groups in total. The summed E-state index contributed by atoms with van der Waals surface area (Å²) < 4.78 is 5.78. The number of carbonyl (C=O) groups excluding carboxylic acids is 1. The number of anilines is 1. The molecule has 0 saturated carbocycles. The lowest BCUT2D eigenvalue weighted by molar-refractivity contribution is 0.102. The number of aromatic hydroxyl groups is 1. The van der Waals surface area contributed by atoms with Gasteiger partial charge in [-0.25, -0.2) is 4.98 Å². The SMILES string of the molecule is O=C(Nc1cc(Cl)ccc1O)c1ccnc(OC2CCSC2)c1. The van der Waals surface area contributed by atoms with Crippen LogP contribution in [-0.4, -0.2) is 33.6 Å². The van der Waals surface area contributed by atoms with Crippen LogP contribution in [0.3, 0.4) is 0 Å². The van der Waals surface area contributed by atoms with Crippen LogP contribution in [0.4, 0.5) is 5.69 Å². The molecule has 2 aromatic rings. The number of benzene rings is 1. The molecular formula is C16H15ClN2O3S. The van der Waals surface area contributed by atoms with E-state index in [9.17, 15) is 9.90 Å². The van der Waals surface area contributed by atoms with Crippen LogP contribution in [0.15, 0.2) is 36.5 Å². The minimum atomic E-state index is -0.365. The number of phenols is 1. The number of thioether (sulfide) groups is 1. The third-order valence-corrected chi connectivity index (χ3v) is 4.75. The van der Waals surface area contributed by atoms with E-state index in [1.165, 1.54) is 18.3 Å². The summed E-state index contributed by atoms with van der Waals surface area (Å²) in [4.78, 5) is 16.5. The summed E-state index contributed by atoms with van der Waals surface area (Å²) in [7, 11) is 0. The second-order valence-corrected chi connectivity index (χ2v) is 6.69. The molecule has 1 aromatic heterocycles. The number of hydrogen-bond donors (Lipinski definition) is 2. The molecule has 1 aliphatic heterocycles. The molecule has 0 bridgehead atoms. The van der Waals surface area contributed by atoms with Gasteiger partial charge in [0.25, 0.3) is 5.91 Å². The lowest BCUT2D eigenvalue weighted by Crippen LogP contribution is -2.17. The quantitative estimate of drug-likeness (QED) is 0.825. The van der Waals surface area contributed by atoms with Crippen LogP contribution in [0.2, 0.25) is 5.02 Å². The minimum Gasteiger partial charge on any atom is -0.506 e. The average molecular weight is 351 g/mol. The van der Waals surface area contributed by atoms with Gasteiger partial charge in [0.2, 0.25) is 5.88 Å². The molecular weight excluding hydrogens is 336 g/mol. The third kappa shape index (κ3) is 4.09. The van der Waals surface area contributed by atoms with Gasteiger partial charge in [0.05, 0.1) is 5.69 Å². The van der Waals surface area contributed by atoms with Crippen molar-refractivity contribution in [1.29, 1.82) is 0 Å². The molecule has 23 heavy (non-hydrogen) atoms. The van der Waals surface area contributed by atoms with Crippen molar-refractivity contribution in [2.45, 2.75) is 12.5 Å². The van der Waals surface area contributed by atoms with Crippen molar-refractivity contribution in [3.63, 3.8) is 0 Å². The van der Waals surface area contributed by atoms with E-state index in [0.29, 0.717) is 16.5 Å². The monoisotopic (exact) mass is 350 g/mol. The summed E-state index contributed by atoms with van der Waals surface area (Å²) in [5.41, 5.74) is 0.661. The lowest BCUT2D eigenvalue weighted by Gasteiger charge is -2.12. The summed E-state index contributed by atoms with van der Waals surface area (Å²) in [5, 5.41) is 12.8. The van der Waals surface area contributed by atoms with E-state index in [1.54, 1.807) is 18.2 Å². The highest BCUT2D eigenvalue weighted by atomic mass is 35.5. The fraction of sp³-hybridized carbons (Fsp3) is 0.250. The highest BCUT2D eigenvalue weighted by Crippen LogP contribution is 2.27. The van der Waals surface area contributed by atoms with Gasteiger partial charge in [-0.3, -0.25) is 4.79 Å². The van der Waals surface area contributed by atoms with Gasteiger partial charge in [0.15, 0.2) is 0 Å². The Kier molecular flexibility index (Phi) is 4.93. The maximum atomic E-state index is 12.3. The summed E-state index contributed by atoms with van der Waals surface area (Å²) in [6.45, 7) is 0. The first-order chi connectivity index (χ1) is 11.1. The van der Waals surface area contributed by atoms with Crippen LogP contribution in [0, 0.1) is 0 Å². The number of pyridine rings is 1. The van der Waals surface area contributed by atoms with Gasteiger partial charge < -0.3 is 15.2 Å². The number of carbonyl (C=O) groups is 1. The maximum Gasteiger partial charge on any atom is 0.256 e. The Morgan fingerprint density at radius 3 is 3.04 bits per heavy atom. The van der Waals surface area contributed by atoms with Gasteiger partial charge in [0, 0.05) is 28.6 Å². The highest BCUT2D eigenvalue weighted by Gasteiger charge is 2.18. The van der Waals surface area contributed by atoms with E-state index in [-0.39, 0.29) is 23.4 Å². The van der Waals surface area contributed by atoms with Crippen molar-refractivity contribution >= 4 is 35.0 Å². The van der Waals surface area contributed by atoms with Gasteiger partial charge in [-0.05, 0) is 36.4 Å². The molecule has 3 rings (SSSR count). The normalized spacial score (nSPS) is 17.0. The number of phenolic OH excluding ortho intramolecular Hbond substituents is 1. The molecule has 1 atom stereocenters. The zero-order valence-electron chi connectivity index (χ0n) is 12.2. The second kappa shape index (κ2) is 7.10. The van der Waals surface area contributed by atoms with E-state index < -0.39 is 0 Å². The molecule has 1 saturated heterocycles. The maximum absolute atomic E-state index is 12.3. The predicted molar refractivity (Wildman–Crippen MR) is 91.7 cm³/mol. The predicted octanol–water partition coefficient (Wildman–Crippen LogP) is 3.58. The van der Waals surface area contributed by atoms with Crippen molar-refractivity contribution in [2.24, 2.45) is 0 Å². The van der Waals surface area contributed by atoms with Gasteiger partial charge in [-0.15, -0.1) is 0 Å². The van der Waals surface area contributed by atoms with Crippen LogP contribution >= 0.6 is 23.4 Å². The van der Waals surface area contributed by atoms with Gasteiger partial charge >= 0.3 is 0 Å². The van der Waals surface area contributed by atoms with Gasteiger partial charge in [0.1, 0.15) is 11.9 Å². The summed E-state index contributed by atoms with van der Waals surface area (Å²) in [6, 6.07) is 7.65. The number of nitrogens with zero attached hydrogens (tertiary/aromatic N) is 1. The van der Waals surface area contributed by atoms with Gasteiger partial charge in [-0.2, -0.15) is 11.8 Å². The number of amides is 1. The van der Waals surface area contributed by atoms with E-state index >= 15 is 0 Å². The van der Waals surface area contributed by atoms with Gasteiger partial charge in [-0.1, -0.05) is 11.6 Å². The zero-order chi connectivity index (χ0) is 16.2. The zero-order valence-corrected chi connectivity index (χ0v) is 13.7. The number of aromatic nitrogens is 1. The Balaban J connectivity index is 1.72. The molecule has 1 aliphatic rings. The standard InChI is InChI=1S/C16H15ClN2O3S/c17-11-1-2-14(20)13(8-11)19-16(21)10-3-5-18-15(7-10)22-12-4-6-23-9-12/h1-3,5,7-8,12,20H,4,6,9H2,(H,19,21).